The van der Waals surface area contributed by atoms with Crippen LogP contribution < -0.4 is 5.32 Å². The highest BCUT2D eigenvalue weighted by atomic mass is 16.5. The van der Waals surface area contributed by atoms with Gasteiger partial charge in [-0.25, -0.2) is 0 Å². The summed E-state index contributed by atoms with van der Waals surface area (Å²) in [5, 5.41) is 12.4. The number of carbonyl (C=O) groups excluding carboxylic acids is 2. The van der Waals surface area contributed by atoms with Gasteiger partial charge in [0, 0.05) is 12.5 Å². The van der Waals surface area contributed by atoms with Crippen molar-refractivity contribution in [3.05, 3.63) is 0 Å². The van der Waals surface area contributed by atoms with E-state index in [1.165, 1.54) is 0 Å². The first-order valence-electron chi connectivity index (χ1n) is 4.22. The normalized spacial score (nSPS) is 28.1. The third kappa shape index (κ3) is 2.78. The Morgan fingerprint density at radius 1 is 1.69 bits per heavy atom. The molecular weight excluding hydrogens is 174 g/mol. The summed E-state index contributed by atoms with van der Waals surface area (Å²) in [5.74, 6) is -0.595. The van der Waals surface area contributed by atoms with Crippen LogP contribution in [0.5, 0.6) is 0 Å². The minimum Gasteiger partial charge on any atom is -0.460 e. The standard InChI is InChI=1S/C8H13NO4/c10-5-13-4-8(12)6-1-2-9-3-7(6)11/h5-7,9,11H,1-4H2. The molecule has 13 heavy (non-hydrogen) atoms. The summed E-state index contributed by atoms with van der Waals surface area (Å²) >= 11 is 0. The maximum atomic E-state index is 11.3. The van der Waals surface area contributed by atoms with Crippen LogP contribution >= 0.6 is 0 Å². The Morgan fingerprint density at radius 2 is 2.46 bits per heavy atom. The van der Waals surface area contributed by atoms with Gasteiger partial charge in [-0.1, -0.05) is 0 Å². The summed E-state index contributed by atoms with van der Waals surface area (Å²) < 4.78 is 4.34. The third-order valence-electron chi connectivity index (χ3n) is 2.16. The van der Waals surface area contributed by atoms with Crippen molar-refractivity contribution in [1.82, 2.24) is 5.32 Å². The summed E-state index contributed by atoms with van der Waals surface area (Å²) in [7, 11) is 0. The smallest absolute Gasteiger partial charge is 0.293 e. The second-order valence-corrected chi connectivity index (χ2v) is 3.04. The molecule has 0 aliphatic carbocycles. The minimum atomic E-state index is -0.656. The molecule has 74 valence electrons. The van der Waals surface area contributed by atoms with E-state index in [9.17, 15) is 14.7 Å². The van der Waals surface area contributed by atoms with Crippen molar-refractivity contribution in [1.29, 1.82) is 0 Å². The number of piperidine rings is 1. The van der Waals surface area contributed by atoms with Gasteiger partial charge in [0.15, 0.2) is 5.78 Å². The molecule has 1 fully saturated rings. The topological polar surface area (TPSA) is 75.6 Å². The summed E-state index contributed by atoms with van der Waals surface area (Å²) in [6, 6.07) is 0. The number of ketones is 1. The second kappa shape index (κ2) is 4.94. The molecule has 0 aromatic rings. The van der Waals surface area contributed by atoms with Gasteiger partial charge < -0.3 is 15.2 Å². The molecule has 0 bridgehead atoms. The quantitative estimate of drug-likeness (QED) is 0.535. The Balaban J connectivity index is 2.39. The number of hydrogen-bond donors (Lipinski definition) is 2. The molecule has 2 N–H and O–H groups in total. The van der Waals surface area contributed by atoms with E-state index < -0.39 is 6.10 Å². The fourth-order valence-electron chi connectivity index (χ4n) is 1.44. The first-order chi connectivity index (χ1) is 6.25. The number of aliphatic hydroxyl groups is 1. The highest BCUT2D eigenvalue weighted by Crippen LogP contribution is 2.13. The average Bonchev–Trinajstić information content (AvgIpc) is 2.15. The van der Waals surface area contributed by atoms with Crippen molar-refractivity contribution < 1.29 is 19.4 Å². The van der Waals surface area contributed by atoms with Crippen LogP contribution in [-0.2, 0) is 14.3 Å². The Hall–Kier alpha value is -0.940. The zero-order valence-electron chi connectivity index (χ0n) is 7.23. The van der Waals surface area contributed by atoms with Gasteiger partial charge in [-0.05, 0) is 13.0 Å². The fourth-order valence-corrected chi connectivity index (χ4v) is 1.44. The number of ether oxygens (including phenoxy) is 1. The van der Waals surface area contributed by atoms with Gasteiger partial charge in [-0.15, -0.1) is 0 Å². The second-order valence-electron chi connectivity index (χ2n) is 3.04. The fraction of sp³-hybridized carbons (Fsp3) is 0.750. The predicted octanol–water partition coefficient (Wildman–Crippen LogP) is -1.30. The van der Waals surface area contributed by atoms with Gasteiger partial charge in [0.05, 0.1) is 6.10 Å². The Kier molecular flexibility index (Phi) is 3.85. The highest BCUT2D eigenvalue weighted by Gasteiger charge is 2.29. The lowest BCUT2D eigenvalue weighted by atomic mass is 9.91. The molecule has 1 heterocycles. The molecule has 0 spiro atoms. The van der Waals surface area contributed by atoms with Crippen LogP contribution in [0.1, 0.15) is 6.42 Å². The third-order valence-corrected chi connectivity index (χ3v) is 2.16. The molecule has 2 unspecified atom stereocenters. The number of hydrogen-bond acceptors (Lipinski definition) is 5. The number of β-amino-alcohol motifs (C(OH)–C–C–N with tert-alkyl or cyclic N) is 1. The summed E-state index contributed by atoms with van der Waals surface area (Å²) in [6.45, 7) is 1.16. The van der Waals surface area contributed by atoms with Gasteiger partial charge in [0.1, 0.15) is 6.61 Å². The van der Waals surface area contributed by atoms with Crippen LogP contribution in [0.15, 0.2) is 0 Å². The van der Waals surface area contributed by atoms with Crippen molar-refractivity contribution in [2.45, 2.75) is 12.5 Å². The lowest BCUT2D eigenvalue weighted by molar-refractivity contribution is -0.140. The van der Waals surface area contributed by atoms with Crippen LogP contribution in [0, 0.1) is 5.92 Å². The van der Waals surface area contributed by atoms with E-state index in [1.54, 1.807) is 0 Å². The maximum Gasteiger partial charge on any atom is 0.293 e. The van der Waals surface area contributed by atoms with Crippen LogP contribution in [0.4, 0.5) is 0 Å². The number of Topliss-reactive ketones (excluding diaryl/α,β-unsaturated/α-hetero) is 1. The summed E-state index contributed by atoms with van der Waals surface area (Å²) in [5.41, 5.74) is 0. The largest absolute Gasteiger partial charge is 0.460 e. The van der Waals surface area contributed by atoms with Crippen molar-refractivity contribution in [3.63, 3.8) is 0 Å². The first kappa shape index (κ1) is 10.1. The average molecular weight is 187 g/mol. The van der Waals surface area contributed by atoms with Crippen LogP contribution in [-0.4, -0.2) is 43.2 Å². The van der Waals surface area contributed by atoms with Crippen LogP contribution in [0.2, 0.25) is 0 Å². The van der Waals surface area contributed by atoms with Crippen LogP contribution in [0.3, 0.4) is 0 Å². The zero-order chi connectivity index (χ0) is 9.68. The number of aliphatic hydroxyl groups excluding tert-OH is 1. The molecule has 0 amide bonds. The van der Waals surface area contributed by atoms with Crippen molar-refractivity contribution >= 4 is 12.3 Å². The molecule has 0 aromatic heterocycles. The van der Waals surface area contributed by atoms with E-state index in [4.69, 9.17) is 0 Å². The van der Waals surface area contributed by atoms with Crippen molar-refractivity contribution in [2.75, 3.05) is 19.7 Å². The number of rotatable bonds is 4. The molecule has 1 aliphatic rings. The van der Waals surface area contributed by atoms with Gasteiger partial charge in [-0.3, -0.25) is 9.59 Å². The van der Waals surface area contributed by atoms with E-state index in [0.717, 1.165) is 0 Å². The zero-order valence-corrected chi connectivity index (χ0v) is 7.23. The molecule has 1 aliphatic heterocycles. The molecule has 5 heteroatoms. The summed E-state index contributed by atoms with van der Waals surface area (Å²) in [4.78, 5) is 21.1. The van der Waals surface area contributed by atoms with Crippen LogP contribution in [0.25, 0.3) is 0 Å². The number of carbonyl (C=O) groups is 2. The molecule has 5 nitrogen and oxygen atoms in total. The molecule has 2 atom stereocenters. The van der Waals surface area contributed by atoms with Gasteiger partial charge in [0.25, 0.3) is 6.47 Å². The minimum absolute atomic E-state index is 0.207. The van der Waals surface area contributed by atoms with E-state index in [-0.39, 0.29) is 24.8 Å². The van der Waals surface area contributed by atoms with Crippen molar-refractivity contribution in [3.8, 4) is 0 Å². The monoisotopic (exact) mass is 187 g/mol. The molecule has 0 aromatic carbocycles. The summed E-state index contributed by atoms with van der Waals surface area (Å²) in [6.07, 6.45) is -0.0566. The van der Waals surface area contributed by atoms with E-state index >= 15 is 0 Å². The molecule has 1 rings (SSSR count). The van der Waals surface area contributed by atoms with Gasteiger partial charge >= 0.3 is 0 Å². The predicted molar refractivity (Wildman–Crippen MR) is 44.0 cm³/mol. The Labute approximate surface area is 76.1 Å². The van der Waals surface area contributed by atoms with Gasteiger partial charge in [-0.2, -0.15) is 0 Å². The van der Waals surface area contributed by atoms with Crippen molar-refractivity contribution in [2.24, 2.45) is 5.92 Å². The first-order valence-corrected chi connectivity index (χ1v) is 4.22. The highest BCUT2D eigenvalue weighted by molar-refractivity contribution is 5.83. The Bertz CT molecular complexity index is 195. The lowest BCUT2D eigenvalue weighted by Crippen LogP contribution is -2.44. The lowest BCUT2D eigenvalue weighted by Gasteiger charge is -2.26. The number of nitrogens with one attached hydrogen (secondary N) is 1. The molecule has 1 saturated heterocycles. The van der Waals surface area contributed by atoms with Gasteiger partial charge in [0.2, 0.25) is 0 Å². The Morgan fingerprint density at radius 3 is 3.08 bits per heavy atom. The molecule has 0 saturated carbocycles. The molecule has 0 radical (unpaired) electrons. The molecular formula is C8H13NO4. The maximum absolute atomic E-state index is 11.3. The van der Waals surface area contributed by atoms with E-state index in [0.29, 0.717) is 19.5 Å². The SMILES string of the molecule is O=COCC(=O)C1CCNCC1O. The van der Waals surface area contributed by atoms with E-state index in [2.05, 4.69) is 10.1 Å². The van der Waals surface area contributed by atoms with E-state index in [1.807, 2.05) is 0 Å².